The Morgan fingerprint density at radius 1 is 1.03 bits per heavy atom. The van der Waals surface area contributed by atoms with Crippen LogP contribution in [0.3, 0.4) is 0 Å². The minimum absolute atomic E-state index is 0.538. The summed E-state index contributed by atoms with van der Waals surface area (Å²) in [7, 11) is 0. The Hall–Kier alpha value is -2.70. The Bertz CT molecular complexity index is 1020. The van der Waals surface area contributed by atoms with Gasteiger partial charge >= 0.3 is 0 Å². The summed E-state index contributed by atoms with van der Waals surface area (Å²) in [5.74, 6) is -0.327. The van der Waals surface area contributed by atoms with Crippen molar-refractivity contribution in [1.29, 1.82) is 0 Å². The molecule has 0 radical (unpaired) electrons. The first-order valence-corrected chi connectivity index (χ1v) is 11.4. The summed E-state index contributed by atoms with van der Waals surface area (Å²) in [6, 6.07) is 14.7. The van der Waals surface area contributed by atoms with Gasteiger partial charge in [0.2, 0.25) is 0 Å². The molecule has 1 fully saturated rings. The lowest BCUT2D eigenvalue weighted by Crippen LogP contribution is -2.50. The van der Waals surface area contributed by atoms with Crippen molar-refractivity contribution >= 4 is 0 Å². The molecule has 2 heterocycles. The van der Waals surface area contributed by atoms with E-state index in [4.69, 9.17) is 4.98 Å². The van der Waals surface area contributed by atoms with Crippen molar-refractivity contribution in [3.8, 4) is 11.3 Å². The molecule has 32 heavy (non-hydrogen) atoms. The second kappa shape index (κ2) is 10.7. The van der Waals surface area contributed by atoms with Gasteiger partial charge in [0, 0.05) is 56.5 Å². The number of piperazine rings is 1. The number of aromatic nitrogens is 2. The molecular weight excluding hydrogens is 406 g/mol. The smallest absolute Gasteiger partial charge is 0.128 e. The topological polar surface area (TPSA) is 41.0 Å². The number of nitrogens with one attached hydrogen (secondary N) is 1. The summed E-state index contributed by atoms with van der Waals surface area (Å²) >= 11 is 0. The van der Waals surface area contributed by atoms with Gasteiger partial charge in [0.1, 0.15) is 17.5 Å². The largest absolute Gasteiger partial charge is 0.314 e. The molecule has 3 aromatic rings. The lowest BCUT2D eigenvalue weighted by atomic mass is 10.0. The highest BCUT2D eigenvalue weighted by Crippen LogP contribution is 2.21. The molecule has 1 aliphatic rings. The molecule has 2 aromatic carbocycles. The van der Waals surface area contributed by atoms with Crippen molar-refractivity contribution < 1.29 is 8.78 Å². The van der Waals surface area contributed by atoms with Gasteiger partial charge in [-0.2, -0.15) is 0 Å². The monoisotopic (exact) mass is 436 g/mol. The van der Waals surface area contributed by atoms with Crippen LogP contribution in [0, 0.1) is 11.6 Å². The number of hydrogen-bond donors (Lipinski definition) is 1. The van der Waals surface area contributed by atoms with E-state index < -0.39 is 11.6 Å². The van der Waals surface area contributed by atoms with Crippen molar-refractivity contribution in [3.63, 3.8) is 0 Å². The van der Waals surface area contributed by atoms with Gasteiger partial charge in [-0.3, -0.25) is 4.90 Å². The molecule has 1 aromatic heterocycles. The average molecular weight is 437 g/mol. The van der Waals surface area contributed by atoms with E-state index in [0.717, 1.165) is 62.2 Å². The molecule has 1 atom stereocenters. The highest BCUT2D eigenvalue weighted by molar-refractivity contribution is 5.59. The van der Waals surface area contributed by atoms with Gasteiger partial charge in [-0.25, -0.2) is 18.7 Å². The van der Waals surface area contributed by atoms with Gasteiger partial charge in [0.25, 0.3) is 0 Å². The zero-order valence-electron chi connectivity index (χ0n) is 18.5. The standard InChI is InChI=1S/C26H30F2N4/c1-2-24-17-29-11-12-32(24)18-20-6-3-7-21(13-20)25-9-10-30-26(31-25)8-4-5-19-14-22(27)16-23(28)15-19/h3,6-7,9-10,13-16,24,29H,2,4-5,8,11-12,17-18H2,1H3/t24-/m1/s1. The molecule has 1 saturated heterocycles. The third-order valence-electron chi connectivity index (χ3n) is 6.05. The fourth-order valence-electron chi connectivity index (χ4n) is 4.36. The molecule has 0 bridgehead atoms. The minimum Gasteiger partial charge on any atom is -0.314 e. The number of hydrogen-bond acceptors (Lipinski definition) is 4. The van der Waals surface area contributed by atoms with E-state index in [9.17, 15) is 8.78 Å². The van der Waals surface area contributed by atoms with Crippen LogP contribution in [0.4, 0.5) is 8.78 Å². The first kappa shape index (κ1) is 22.5. The predicted molar refractivity (Wildman–Crippen MR) is 123 cm³/mol. The van der Waals surface area contributed by atoms with Crippen molar-refractivity contribution in [3.05, 3.63) is 83.3 Å². The van der Waals surface area contributed by atoms with Gasteiger partial charge in [0.15, 0.2) is 0 Å². The number of aryl methyl sites for hydroxylation is 2. The van der Waals surface area contributed by atoms with Gasteiger partial charge < -0.3 is 5.32 Å². The van der Waals surface area contributed by atoms with Crippen molar-refractivity contribution in [2.45, 2.75) is 45.2 Å². The van der Waals surface area contributed by atoms with E-state index in [1.54, 1.807) is 6.20 Å². The van der Waals surface area contributed by atoms with Gasteiger partial charge in [0.05, 0.1) is 5.69 Å². The number of benzene rings is 2. The van der Waals surface area contributed by atoms with Crippen molar-refractivity contribution in [2.75, 3.05) is 19.6 Å². The fourth-order valence-corrected chi connectivity index (χ4v) is 4.36. The zero-order valence-corrected chi connectivity index (χ0v) is 18.5. The van der Waals surface area contributed by atoms with Crippen LogP contribution >= 0.6 is 0 Å². The lowest BCUT2D eigenvalue weighted by Gasteiger charge is -2.35. The summed E-state index contributed by atoms with van der Waals surface area (Å²) in [4.78, 5) is 11.7. The molecule has 0 spiro atoms. The second-order valence-electron chi connectivity index (χ2n) is 8.43. The molecule has 0 saturated carbocycles. The van der Waals surface area contributed by atoms with E-state index >= 15 is 0 Å². The van der Waals surface area contributed by atoms with E-state index in [2.05, 4.69) is 46.4 Å². The van der Waals surface area contributed by atoms with Crippen LogP contribution in [0.2, 0.25) is 0 Å². The maximum Gasteiger partial charge on any atom is 0.128 e. The summed E-state index contributed by atoms with van der Waals surface area (Å²) < 4.78 is 26.7. The SMILES string of the molecule is CC[C@@H]1CNCCN1Cc1cccc(-c2ccnc(CCCc3cc(F)cc(F)c3)n2)c1. The predicted octanol–water partition coefficient (Wildman–Crippen LogP) is 4.78. The molecule has 4 rings (SSSR count). The Kier molecular flexibility index (Phi) is 7.55. The molecule has 4 nitrogen and oxygen atoms in total. The van der Waals surface area contributed by atoms with E-state index in [0.29, 0.717) is 24.4 Å². The van der Waals surface area contributed by atoms with Crippen molar-refractivity contribution in [1.82, 2.24) is 20.2 Å². The Labute approximate surface area is 188 Å². The number of rotatable bonds is 8. The quantitative estimate of drug-likeness (QED) is 0.552. The second-order valence-corrected chi connectivity index (χ2v) is 8.43. The minimum atomic E-state index is -0.538. The first-order valence-electron chi connectivity index (χ1n) is 11.4. The van der Waals surface area contributed by atoms with Crippen LogP contribution in [-0.4, -0.2) is 40.5 Å². The fraction of sp³-hybridized carbons (Fsp3) is 0.385. The lowest BCUT2D eigenvalue weighted by molar-refractivity contribution is 0.149. The van der Waals surface area contributed by atoms with Crippen LogP contribution in [0.1, 0.15) is 36.7 Å². The van der Waals surface area contributed by atoms with E-state index in [-0.39, 0.29) is 0 Å². The molecular formula is C26H30F2N4. The molecule has 0 amide bonds. The molecule has 1 aliphatic heterocycles. The molecule has 168 valence electrons. The zero-order chi connectivity index (χ0) is 22.3. The first-order chi connectivity index (χ1) is 15.6. The van der Waals surface area contributed by atoms with Gasteiger partial charge in [-0.15, -0.1) is 0 Å². The summed E-state index contributed by atoms with van der Waals surface area (Å²) in [6.07, 6.45) is 4.90. The number of nitrogens with zero attached hydrogens (tertiary/aromatic N) is 3. The summed E-state index contributed by atoms with van der Waals surface area (Å²) in [6.45, 7) is 6.33. The Morgan fingerprint density at radius 2 is 1.88 bits per heavy atom. The van der Waals surface area contributed by atoms with Crippen LogP contribution in [0.5, 0.6) is 0 Å². The molecule has 0 unspecified atom stereocenters. The highest BCUT2D eigenvalue weighted by Gasteiger charge is 2.20. The third kappa shape index (κ3) is 5.96. The molecule has 6 heteroatoms. The van der Waals surface area contributed by atoms with Crippen LogP contribution in [0.15, 0.2) is 54.7 Å². The Morgan fingerprint density at radius 3 is 2.69 bits per heavy atom. The van der Waals surface area contributed by atoms with E-state index in [1.807, 2.05) is 6.07 Å². The maximum absolute atomic E-state index is 13.4. The third-order valence-corrected chi connectivity index (χ3v) is 6.05. The molecule has 1 N–H and O–H groups in total. The van der Waals surface area contributed by atoms with E-state index in [1.165, 1.54) is 17.7 Å². The summed E-state index contributed by atoms with van der Waals surface area (Å²) in [5, 5.41) is 3.48. The summed E-state index contributed by atoms with van der Waals surface area (Å²) in [5.41, 5.74) is 3.93. The molecule has 0 aliphatic carbocycles. The average Bonchev–Trinajstić information content (AvgIpc) is 2.79. The number of halogens is 2. The Balaban J connectivity index is 1.41. The van der Waals surface area contributed by atoms with Crippen LogP contribution in [-0.2, 0) is 19.4 Å². The normalized spacial score (nSPS) is 16.9. The maximum atomic E-state index is 13.4. The van der Waals surface area contributed by atoms with Gasteiger partial charge in [-0.1, -0.05) is 25.1 Å². The van der Waals surface area contributed by atoms with Crippen molar-refractivity contribution in [2.24, 2.45) is 0 Å². The van der Waals surface area contributed by atoms with Crippen LogP contribution < -0.4 is 5.32 Å². The highest BCUT2D eigenvalue weighted by atomic mass is 19.1. The van der Waals surface area contributed by atoms with Crippen LogP contribution in [0.25, 0.3) is 11.3 Å². The van der Waals surface area contributed by atoms with Gasteiger partial charge in [-0.05, 0) is 54.7 Å².